The molecule has 0 fully saturated rings. The quantitative estimate of drug-likeness (QED) is 0.0983. The van der Waals surface area contributed by atoms with Crippen molar-refractivity contribution in [3.63, 3.8) is 0 Å². The number of carbonyl (C=O) groups is 4. The van der Waals surface area contributed by atoms with E-state index >= 15 is 0 Å². The van der Waals surface area contributed by atoms with Gasteiger partial charge in [0.25, 0.3) is 0 Å². The summed E-state index contributed by atoms with van der Waals surface area (Å²) in [6, 6.07) is -3.87. The number of carboxylic acid groups (broad SMARTS) is 1. The Labute approximate surface area is 176 Å². The van der Waals surface area contributed by atoms with Crippen molar-refractivity contribution in [2.24, 2.45) is 28.1 Å². The molecule has 0 bridgehead atoms. The van der Waals surface area contributed by atoms with E-state index in [1.165, 1.54) is 13.8 Å². The number of carbonyl (C=O) groups excluding carboxylic acids is 3. The van der Waals surface area contributed by atoms with E-state index in [1.807, 2.05) is 13.8 Å². The highest BCUT2D eigenvalue weighted by Gasteiger charge is 2.27. The molecule has 4 unspecified atom stereocenters. The topological polar surface area (TPSA) is 215 Å². The van der Waals surface area contributed by atoms with Gasteiger partial charge in [0.15, 0.2) is 5.96 Å². The molecular formula is C18H35N7O5. The summed E-state index contributed by atoms with van der Waals surface area (Å²) in [5.74, 6) is -2.85. The Morgan fingerprint density at radius 2 is 1.47 bits per heavy atom. The molecule has 0 heterocycles. The molecule has 0 spiro atoms. The lowest BCUT2D eigenvalue weighted by atomic mass is 10.0. The number of guanidine groups is 1. The van der Waals surface area contributed by atoms with Crippen molar-refractivity contribution in [2.45, 2.75) is 71.1 Å². The molecule has 0 radical (unpaired) electrons. The van der Waals surface area contributed by atoms with Gasteiger partial charge < -0.3 is 38.3 Å². The van der Waals surface area contributed by atoms with Crippen LogP contribution in [-0.4, -0.2) is 65.5 Å². The Hall–Kier alpha value is -2.89. The molecule has 3 amide bonds. The maximum Gasteiger partial charge on any atom is 0.325 e. The van der Waals surface area contributed by atoms with Gasteiger partial charge in [0.05, 0.1) is 6.04 Å². The highest BCUT2D eigenvalue weighted by molar-refractivity contribution is 5.93. The van der Waals surface area contributed by atoms with Crippen LogP contribution in [0.5, 0.6) is 0 Å². The van der Waals surface area contributed by atoms with Crippen LogP contribution >= 0.6 is 0 Å². The van der Waals surface area contributed by atoms with E-state index in [2.05, 4.69) is 20.9 Å². The maximum absolute atomic E-state index is 12.5. The SMILES string of the molecule is CC(C)CC(N)C(=O)NC(C)C(=O)NC(CCCN=C(N)N)C(=O)NC(C)C(=O)O. The van der Waals surface area contributed by atoms with E-state index in [1.54, 1.807) is 0 Å². The van der Waals surface area contributed by atoms with Crippen LogP contribution < -0.4 is 33.2 Å². The molecular weight excluding hydrogens is 394 g/mol. The van der Waals surface area contributed by atoms with Crippen LogP contribution in [0.25, 0.3) is 0 Å². The fourth-order valence-corrected chi connectivity index (χ4v) is 2.45. The van der Waals surface area contributed by atoms with Gasteiger partial charge in [0.1, 0.15) is 18.1 Å². The van der Waals surface area contributed by atoms with Crippen molar-refractivity contribution in [3.05, 3.63) is 0 Å². The van der Waals surface area contributed by atoms with Gasteiger partial charge in [-0.25, -0.2) is 0 Å². The van der Waals surface area contributed by atoms with Gasteiger partial charge in [-0.3, -0.25) is 24.2 Å². The first-order chi connectivity index (χ1) is 13.8. The summed E-state index contributed by atoms with van der Waals surface area (Å²) in [5.41, 5.74) is 16.3. The average Bonchev–Trinajstić information content (AvgIpc) is 2.62. The van der Waals surface area contributed by atoms with E-state index in [9.17, 15) is 19.2 Å². The molecule has 0 saturated carbocycles. The summed E-state index contributed by atoms with van der Waals surface area (Å²) in [6.45, 7) is 6.84. The smallest absolute Gasteiger partial charge is 0.325 e. The van der Waals surface area contributed by atoms with E-state index in [0.717, 1.165) is 0 Å². The minimum atomic E-state index is -1.21. The predicted octanol–water partition coefficient (Wildman–Crippen LogP) is -2.01. The van der Waals surface area contributed by atoms with Gasteiger partial charge in [0.2, 0.25) is 17.7 Å². The van der Waals surface area contributed by atoms with Crippen molar-refractivity contribution < 1.29 is 24.3 Å². The van der Waals surface area contributed by atoms with Gasteiger partial charge in [0, 0.05) is 6.54 Å². The Kier molecular flexibility index (Phi) is 12.1. The van der Waals surface area contributed by atoms with Gasteiger partial charge in [-0.1, -0.05) is 13.8 Å². The van der Waals surface area contributed by atoms with Gasteiger partial charge in [-0.15, -0.1) is 0 Å². The standard InChI is InChI=1S/C18H35N7O5/c1-9(2)8-12(19)15(27)23-10(3)14(26)25-13(6-5-7-22-18(20)21)16(28)24-11(4)17(29)30/h9-13H,5-8,19H2,1-4H3,(H,23,27)(H,24,28)(H,25,26)(H,29,30)(H4,20,21,22). The van der Waals surface area contributed by atoms with E-state index in [0.29, 0.717) is 12.8 Å². The molecule has 0 aromatic rings. The molecule has 30 heavy (non-hydrogen) atoms. The number of hydrogen-bond donors (Lipinski definition) is 7. The number of nitrogens with one attached hydrogen (secondary N) is 3. The van der Waals surface area contributed by atoms with E-state index < -0.39 is 47.9 Å². The van der Waals surface area contributed by atoms with Crippen molar-refractivity contribution in [1.29, 1.82) is 0 Å². The second-order valence-corrected chi connectivity index (χ2v) is 7.54. The lowest BCUT2D eigenvalue weighted by Gasteiger charge is -2.23. The molecule has 0 aliphatic rings. The van der Waals surface area contributed by atoms with Crippen molar-refractivity contribution in [1.82, 2.24) is 16.0 Å². The highest BCUT2D eigenvalue weighted by Crippen LogP contribution is 2.04. The first kappa shape index (κ1) is 27.1. The summed E-state index contributed by atoms with van der Waals surface area (Å²) in [4.78, 5) is 51.8. The number of aliphatic imine (C=N–C) groups is 1. The molecule has 10 N–H and O–H groups in total. The number of carboxylic acids is 1. The fraction of sp³-hybridized carbons (Fsp3) is 0.722. The largest absolute Gasteiger partial charge is 0.480 e. The third kappa shape index (κ3) is 11.2. The number of nitrogens with zero attached hydrogens (tertiary/aromatic N) is 1. The van der Waals surface area contributed by atoms with Crippen LogP contribution in [0, 0.1) is 5.92 Å². The molecule has 0 aliphatic carbocycles. The third-order valence-corrected chi connectivity index (χ3v) is 4.12. The van der Waals surface area contributed by atoms with Crippen molar-refractivity contribution in [2.75, 3.05) is 6.54 Å². The fourth-order valence-electron chi connectivity index (χ4n) is 2.45. The minimum Gasteiger partial charge on any atom is -0.480 e. The van der Waals surface area contributed by atoms with Crippen LogP contribution in [0.1, 0.15) is 47.0 Å². The Morgan fingerprint density at radius 3 is 1.97 bits per heavy atom. The molecule has 0 rings (SSSR count). The second-order valence-electron chi connectivity index (χ2n) is 7.54. The average molecular weight is 430 g/mol. The first-order valence-electron chi connectivity index (χ1n) is 9.80. The number of nitrogens with two attached hydrogens (primary N) is 3. The molecule has 12 heteroatoms. The molecule has 172 valence electrons. The van der Waals surface area contributed by atoms with Crippen LogP contribution in [0.3, 0.4) is 0 Å². The van der Waals surface area contributed by atoms with Crippen LogP contribution in [-0.2, 0) is 19.2 Å². The molecule has 0 aromatic heterocycles. The number of aliphatic carboxylic acids is 1. The van der Waals surface area contributed by atoms with Crippen LogP contribution in [0.15, 0.2) is 4.99 Å². The first-order valence-corrected chi connectivity index (χ1v) is 9.80. The van der Waals surface area contributed by atoms with Crippen LogP contribution in [0.2, 0.25) is 0 Å². The van der Waals surface area contributed by atoms with Crippen molar-refractivity contribution >= 4 is 29.7 Å². The van der Waals surface area contributed by atoms with E-state index in [-0.39, 0.29) is 24.8 Å². The zero-order valence-electron chi connectivity index (χ0n) is 18.0. The maximum atomic E-state index is 12.5. The Morgan fingerprint density at radius 1 is 0.900 bits per heavy atom. The zero-order valence-corrected chi connectivity index (χ0v) is 18.0. The van der Waals surface area contributed by atoms with Gasteiger partial charge >= 0.3 is 5.97 Å². The summed E-state index contributed by atoms with van der Waals surface area (Å²) >= 11 is 0. The monoisotopic (exact) mass is 429 g/mol. The Balaban J connectivity index is 5.01. The number of hydrogen-bond acceptors (Lipinski definition) is 6. The minimum absolute atomic E-state index is 0.103. The van der Waals surface area contributed by atoms with Gasteiger partial charge in [-0.2, -0.15) is 0 Å². The van der Waals surface area contributed by atoms with Crippen LogP contribution in [0.4, 0.5) is 0 Å². The molecule has 12 nitrogen and oxygen atoms in total. The third-order valence-electron chi connectivity index (χ3n) is 4.12. The summed E-state index contributed by atoms with van der Waals surface area (Å²) in [5, 5.41) is 16.3. The number of rotatable bonds is 13. The van der Waals surface area contributed by atoms with Crippen molar-refractivity contribution in [3.8, 4) is 0 Å². The molecule has 0 saturated heterocycles. The molecule has 0 aliphatic heterocycles. The Bertz CT molecular complexity index is 634. The lowest BCUT2D eigenvalue weighted by Crippen LogP contribution is -2.56. The highest BCUT2D eigenvalue weighted by atomic mass is 16.4. The number of amides is 3. The van der Waals surface area contributed by atoms with Gasteiger partial charge in [-0.05, 0) is 39.0 Å². The normalized spacial score (nSPS) is 14.7. The zero-order chi connectivity index (χ0) is 23.4. The lowest BCUT2D eigenvalue weighted by molar-refractivity contribution is -0.141. The summed E-state index contributed by atoms with van der Waals surface area (Å²) in [6.07, 6.45) is 0.981. The molecule has 0 aromatic carbocycles. The predicted molar refractivity (Wildman–Crippen MR) is 112 cm³/mol. The van der Waals surface area contributed by atoms with E-state index in [4.69, 9.17) is 22.3 Å². The summed E-state index contributed by atoms with van der Waals surface area (Å²) in [7, 11) is 0. The molecule has 4 atom stereocenters. The second kappa shape index (κ2) is 13.4. The summed E-state index contributed by atoms with van der Waals surface area (Å²) < 4.78 is 0.